The largest absolute Gasteiger partial charge is 0.508 e. The van der Waals surface area contributed by atoms with Gasteiger partial charge in [-0.3, -0.25) is 14.4 Å². The molecule has 2 amide bonds. The number of benzene rings is 1. The number of aromatic hydroxyl groups is 1. The molecule has 0 bridgehead atoms. The molecule has 0 saturated heterocycles. The van der Waals surface area contributed by atoms with Gasteiger partial charge in [0.05, 0.1) is 6.04 Å². The summed E-state index contributed by atoms with van der Waals surface area (Å²) in [4.78, 5) is 35.0. The third kappa shape index (κ3) is 7.95. The summed E-state index contributed by atoms with van der Waals surface area (Å²) in [5, 5.41) is 22.8. The lowest BCUT2D eigenvalue weighted by atomic mass is 10.0. The van der Waals surface area contributed by atoms with Gasteiger partial charge in [-0.2, -0.15) is 0 Å². The van der Waals surface area contributed by atoms with Crippen LogP contribution in [0.5, 0.6) is 5.75 Å². The first-order chi connectivity index (χ1) is 12.3. The molecule has 0 fully saturated rings. The maximum Gasteiger partial charge on any atom is 0.322 e. The first kappa shape index (κ1) is 21.4. The van der Waals surface area contributed by atoms with E-state index in [0.29, 0.717) is 25.8 Å². The molecule has 1 rings (SSSR count). The number of nitrogens with two attached hydrogens (primary N) is 2. The zero-order chi connectivity index (χ0) is 19.5. The van der Waals surface area contributed by atoms with E-state index in [0.717, 1.165) is 5.56 Å². The molecule has 1 aromatic carbocycles. The van der Waals surface area contributed by atoms with Crippen LogP contribution in [0.2, 0.25) is 0 Å². The normalized spacial score (nSPS) is 12.8. The fraction of sp³-hybridized carbons (Fsp3) is 0.471. The second kappa shape index (κ2) is 11.1. The second-order valence-electron chi connectivity index (χ2n) is 5.93. The highest BCUT2D eigenvalue weighted by molar-refractivity contribution is 5.91. The molecule has 0 aromatic heterocycles. The number of phenols is 1. The molecule has 0 aliphatic carbocycles. The molecular formula is C17H26N4O5. The number of rotatable bonds is 11. The van der Waals surface area contributed by atoms with Crippen LogP contribution in [0.4, 0.5) is 0 Å². The monoisotopic (exact) mass is 366 g/mol. The Morgan fingerprint density at radius 1 is 1.08 bits per heavy atom. The van der Waals surface area contributed by atoms with Crippen LogP contribution in [0.25, 0.3) is 0 Å². The molecule has 0 spiro atoms. The number of carboxylic acids is 1. The van der Waals surface area contributed by atoms with Gasteiger partial charge in [-0.05, 0) is 49.9 Å². The van der Waals surface area contributed by atoms with Crippen molar-refractivity contribution < 1.29 is 24.6 Å². The van der Waals surface area contributed by atoms with Crippen LogP contribution in [-0.4, -0.2) is 53.2 Å². The lowest BCUT2D eigenvalue weighted by Crippen LogP contribution is -2.52. The Morgan fingerprint density at radius 3 is 2.31 bits per heavy atom. The lowest BCUT2D eigenvalue weighted by Gasteiger charge is -2.20. The highest BCUT2D eigenvalue weighted by Crippen LogP contribution is 2.11. The van der Waals surface area contributed by atoms with E-state index in [9.17, 15) is 19.5 Å². The van der Waals surface area contributed by atoms with Gasteiger partial charge in [0.15, 0.2) is 0 Å². The predicted octanol–water partition coefficient (Wildman–Crippen LogP) is -0.923. The summed E-state index contributed by atoms with van der Waals surface area (Å²) in [7, 11) is 0. The summed E-state index contributed by atoms with van der Waals surface area (Å²) in [6.45, 7) is -0.0700. The average Bonchev–Trinajstić information content (AvgIpc) is 2.60. The Kier molecular flexibility index (Phi) is 9.10. The first-order valence-electron chi connectivity index (χ1n) is 8.37. The van der Waals surface area contributed by atoms with Crippen molar-refractivity contribution in [3.63, 3.8) is 0 Å². The maximum absolute atomic E-state index is 12.3. The SMILES string of the molecule is NCCCC[C@H](NC(=O)[C@@H](N)Cc1ccc(O)cc1)C(=O)NCC(=O)O. The number of nitrogens with one attached hydrogen (secondary N) is 2. The van der Waals surface area contributed by atoms with Crippen LogP contribution in [0.3, 0.4) is 0 Å². The van der Waals surface area contributed by atoms with Crippen molar-refractivity contribution in [2.75, 3.05) is 13.1 Å². The number of unbranched alkanes of at least 4 members (excludes halogenated alkanes) is 1. The first-order valence-corrected chi connectivity index (χ1v) is 8.37. The van der Waals surface area contributed by atoms with E-state index in [1.807, 2.05) is 0 Å². The van der Waals surface area contributed by atoms with E-state index >= 15 is 0 Å². The maximum atomic E-state index is 12.3. The van der Waals surface area contributed by atoms with Gasteiger partial charge in [0.1, 0.15) is 18.3 Å². The van der Waals surface area contributed by atoms with Gasteiger partial charge in [0, 0.05) is 0 Å². The molecule has 26 heavy (non-hydrogen) atoms. The smallest absolute Gasteiger partial charge is 0.322 e. The number of phenolic OH excluding ortho intramolecular Hbond substituents is 1. The Morgan fingerprint density at radius 2 is 1.73 bits per heavy atom. The Bertz CT molecular complexity index is 606. The summed E-state index contributed by atoms with van der Waals surface area (Å²) in [6, 6.07) is 4.54. The third-order valence-electron chi connectivity index (χ3n) is 3.72. The van der Waals surface area contributed by atoms with E-state index in [-0.39, 0.29) is 12.2 Å². The molecule has 0 heterocycles. The molecule has 0 aliphatic rings. The van der Waals surface area contributed by atoms with Gasteiger partial charge >= 0.3 is 5.97 Å². The van der Waals surface area contributed by atoms with Crippen LogP contribution in [0.15, 0.2) is 24.3 Å². The van der Waals surface area contributed by atoms with Crippen LogP contribution >= 0.6 is 0 Å². The van der Waals surface area contributed by atoms with Crippen LogP contribution in [0, 0.1) is 0 Å². The van der Waals surface area contributed by atoms with Crippen molar-refractivity contribution >= 4 is 17.8 Å². The number of hydrogen-bond acceptors (Lipinski definition) is 6. The molecule has 9 nitrogen and oxygen atoms in total. The van der Waals surface area contributed by atoms with Crippen molar-refractivity contribution in [1.29, 1.82) is 0 Å². The number of carbonyl (C=O) groups is 3. The van der Waals surface area contributed by atoms with Crippen molar-refractivity contribution in [2.24, 2.45) is 11.5 Å². The molecule has 0 aliphatic heterocycles. The Labute approximate surface area is 151 Å². The summed E-state index contributed by atoms with van der Waals surface area (Å²) >= 11 is 0. The minimum absolute atomic E-state index is 0.113. The Hall–Kier alpha value is -2.65. The highest BCUT2D eigenvalue weighted by Gasteiger charge is 2.23. The minimum Gasteiger partial charge on any atom is -0.508 e. The molecule has 144 valence electrons. The van der Waals surface area contributed by atoms with E-state index in [2.05, 4.69) is 10.6 Å². The summed E-state index contributed by atoms with van der Waals surface area (Å²) in [6.07, 6.45) is 1.85. The molecule has 0 saturated carbocycles. The van der Waals surface area contributed by atoms with Gasteiger partial charge in [0.25, 0.3) is 0 Å². The van der Waals surface area contributed by atoms with Crippen molar-refractivity contribution in [3.05, 3.63) is 29.8 Å². The molecule has 0 radical (unpaired) electrons. The van der Waals surface area contributed by atoms with Gasteiger partial charge in [0.2, 0.25) is 11.8 Å². The zero-order valence-electron chi connectivity index (χ0n) is 14.5. The van der Waals surface area contributed by atoms with Gasteiger partial charge < -0.3 is 32.3 Å². The van der Waals surface area contributed by atoms with E-state index in [1.54, 1.807) is 12.1 Å². The summed E-state index contributed by atoms with van der Waals surface area (Å²) in [5.74, 6) is -2.15. The molecular weight excluding hydrogens is 340 g/mol. The number of aliphatic carboxylic acids is 1. The summed E-state index contributed by atoms with van der Waals surface area (Å²) in [5.41, 5.74) is 12.1. The zero-order valence-corrected chi connectivity index (χ0v) is 14.5. The topological polar surface area (TPSA) is 168 Å². The fourth-order valence-electron chi connectivity index (χ4n) is 2.30. The third-order valence-corrected chi connectivity index (χ3v) is 3.72. The van der Waals surface area contributed by atoms with Crippen LogP contribution < -0.4 is 22.1 Å². The fourth-order valence-corrected chi connectivity index (χ4v) is 2.30. The number of carbonyl (C=O) groups excluding carboxylic acids is 2. The van der Waals surface area contributed by atoms with E-state index in [1.165, 1.54) is 12.1 Å². The van der Waals surface area contributed by atoms with Crippen molar-refractivity contribution in [2.45, 2.75) is 37.8 Å². The molecule has 0 unspecified atom stereocenters. The van der Waals surface area contributed by atoms with Crippen LogP contribution in [0.1, 0.15) is 24.8 Å². The standard InChI is InChI=1S/C17H26N4O5/c18-8-2-1-3-14(17(26)20-10-15(23)24)21-16(25)13(19)9-11-4-6-12(22)7-5-11/h4-7,13-14,22H,1-3,8-10,18-19H2,(H,20,26)(H,21,25)(H,23,24)/t13-,14-/m0/s1. The highest BCUT2D eigenvalue weighted by atomic mass is 16.4. The van der Waals surface area contributed by atoms with Crippen molar-refractivity contribution in [1.82, 2.24) is 10.6 Å². The lowest BCUT2D eigenvalue weighted by molar-refractivity contribution is -0.138. The van der Waals surface area contributed by atoms with E-state index < -0.39 is 36.4 Å². The van der Waals surface area contributed by atoms with Gasteiger partial charge in [-0.25, -0.2) is 0 Å². The Balaban J connectivity index is 2.64. The quantitative estimate of drug-likeness (QED) is 0.275. The minimum atomic E-state index is -1.17. The van der Waals surface area contributed by atoms with Crippen LogP contribution in [-0.2, 0) is 20.8 Å². The number of hydrogen-bond donors (Lipinski definition) is 6. The van der Waals surface area contributed by atoms with Gasteiger partial charge in [-0.15, -0.1) is 0 Å². The van der Waals surface area contributed by atoms with E-state index in [4.69, 9.17) is 16.6 Å². The molecule has 2 atom stereocenters. The average molecular weight is 366 g/mol. The second-order valence-corrected chi connectivity index (χ2v) is 5.93. The molecule has 9 heteroatoms. The number of carboxylic acid groups (broad SMARTS) is 1. The predicted molar refractivity (Wildman–Crippen MR) is 95.3 cm³/mol. The molecule has 8 N–H and O–H groups in total. The number of amides is 2. The molecule has 1 aromatic rings. The van der Waals surface area contributed by atoms with Gasteiger partial charge in [-0.1, -0.05) is 12.1 Å². The van der Waals surface area contributed by atoms with Crippen molar-refractivity contribution in [3.8, 4) is 5.75 Å². The summed E-state index contributed by atoms with van der Waals surface area (Å²) < 4.78 is 0.